The summed E-state index contributed by atoms with van der Waals surface area (Å²) >= 11 is 0. The molecule has 2 heterocycles. The molecule has 0 aliphatic carbocycles. The van der Waals surface area contributed by atoms with E-state index in [9.17, 15) is 4.79 Å². The molecule has 7 heteroatoms. The van der Waals surface area contributed by atoms with Gasteiger partial charge >= 0.3 is 0 Å². The van der Waals surface area contributed by atoms with Crippen LogP contribution in [-0.2, 0) is 20.8 Å². The second kappa shape index (κ2) is 11.4. The number of rotatable bonds is 10. The largest absolute Gasteiger partial charge is 0.441 e. The molecule has 0 saturated carbocycles. The molecule has 0 bridgehead atoms. The Kier molecular flexibility index (Phi) is 8.63. The van der Waals surface area contributed by atoms with Crippen molar-refractivity contribution in [1.29, 1.82) is 0 Å². The maximum Gasteiger partial charge on any atom is 0.226 e. The lowest BCUT2D eigenvalue weighted by molar-refractivity contribution is -0.142. The van der Waals surface area contributed by atoms with Crippen molar-refractivity contribution in [2.45, 2.75) is 53.4 Å². The summed E-state index contributed by atoms with van der Waals surface area (Å²) in [6.45, 7) is 11.9. The molecule has 170 valence electrons. The number of carbonyl (C=O) groups is 1. The molecule has 1 amide bonds. The number of ether oxygens (including phenoxy) is 2. The predicted octanol–water partition coefficient (Wildman–Crippen LogP) is 3.69. The summed E-state index contributed by atoms with van der Waals surface area (Å²) in [5.74, 6) is 1.65. The van der Waals surface area contributed by atoms with Crippen molar-refractivity contribution in [2.24, 2.45) is 5.92 Å². The number of likely N-dealkylation sites (tertiary alicyclic amines) is 1. The normalized spacial score (nSPS) is 15.5. The summed E-state index contributed by atoms with van der Waals surface area (Å²) in [5.41, 5.74) is 3.15. The summed E-state index contributed by atoms with van der Waals surface area (Å²) in [6, 6.07) is 8.12. The van der Waals surface area contributed by atoms with Gasteiger partial charge in [0.1, 0.15) is 5.76 Å². The van der Waals surface area contributed by atoms with E-state index in [0.29, 0.717) is 25.6 Å². The average molecular weight is 430 g/mol. The van der Waals surface area contributed by atoms with Crippen LogP contribution in [-0.4, -0.2) is 54.9 Å². The molecule has 3 rings (SSSR count). The Hall–Kier alpha value is -2.22. The van der Waals surface area contributed by atoms with Crippen molar-refractivity contribution in [1.82, 2.24) is 15.2 Å². The number of carbonyl (C=O) groups excluding carboxylic acids is 1. The van der Waals surface area contributed by atoms with Crippen LogP contribution < -0.4 is 5.32 Å². The summed E-state index contributed by atoms with van der Waals surface area (Å²) in [4.78, 5) is 19.7. The fraction of sp³-hybridized carbons (Fsp3) is 0.583. The second-order valence-corrected chi connectivity index (χ2v) is 7.97. The standard InChI is InChI=1S/C24H35N3O4/c1-5-29-22(30-6-2)15-25-23(28)19-11-13-27(14-12-19)16-21-18(4)31-24(26-21)20-10-8-7-9-17(20)3/h7-10,19,22H,5-6,11-16H2,1-4H3,(H,25,28). The molecular formula is C24H35N3O4. The van der Waals surface area contributed by atoms with Crippen molar-refractivity contribution >= 4 is 5.91 Å². The van der Waals surface area contributed by atoms with Gasteiger partial charge < -0.3 is 19.2 Å². The van der Waals surface area contributed by atoms with Crippen LogP contribution in [0.3, 0.4) is 0 Å². The van der Waals surface area contributed by atoms with Crippen LogP contribution in [0.1, 0.15) is 43.7 Å². The number of hydrogen-bond donors (Lipinski definition) is 1. The van der Waals surface area contributed by atoms with Crippen LogP contribution in [0.4, 0.5) is 0 Å². The van der Waals surface area contributed by atoms with Gasteiger partial charge in [-0.2, -0.15) is 0 Å². The fourth-order valence-corrected chi connectivity index (χ4v) is 3.93. The van der Waals surface area contributed by atoms with Gasteiger partial charge in [0.25, 0.3) is 0 Å². The minimum absolute atomic E-state index is 0.0288. The maximum atomic E-state index is 12.6. The number of aryl methyl sites for hydroxylation is 2. The van der Waals surface area contributed by atoms with E-state index in [4.69, 9.17) is 18.9 Å². The van der Waals surface area contributed by atoms with Crippen LogP contribution in [0.15, 0.2) is 28.7 Å². The van der Waals surface area contributed by atoms with Gasteiger partial charge in [0.15, 0.2) is 6.29 Å². The van der Waals surface area contributed by atoms with E-state index in [0.717, 1.165) is 55.1 Å². The summed E-state index contributed by atoms with van der Waals surface area (Å²) in [6.07, 6.45) is 1.29. The Morgan fingerprint density at radius 3 is 2.52 bits per heavy atom. The molecule has 31 heavy (non-hydrogen) atoms. The van der Waals surface area contributed by atoms with E-state index in [1.165, 1.54) is 0 Å². The van der Waals surface area contributed by atoms with Crippen molar-refractivity contribution in [3.05, 3.63) is 41.3 Å². The van der Waals surface area contributed by atoms with Crippen LogP contribution in [0, 0.1) is 19.8 Å². The Balaban J connectivity index is 1.49. The number of piperidine rings is 1. The SMILES string of the molecule is CCOC(CNC(=O)C1CCN(Cc2nc(-c3ccccc3C)oc2C)CC1)OCC. The predicted molar refractivity (Wildman–Crippen MR) is 119 cm³/mol. The van der Waals surface area contributed by atoms with Gasteiger partial charge in [0.05, 0.1) is 12.2 Å². The molecule has 1 aliphatic rings. The molecule has 1 fully saturated rings. The van der Waals surface area contributed by atoms with E-state index >= 15 is 0 Å². The Labute approximate surface area is 185 Å². The second-order valence-electron chi connectivity index (χ2n) is 7.97. The molecule has 0 spiro atoms. The summed E-state index contributed by atoms with van der Waals surface area (Å²) in [5, 5.41) is 2.99. The molecule has 1 saturated heterocycles. The van der Waals surface area contributed by atoms with Crippen LogP contribution in [0.2, 0.25) is 0 Å². The van der Waals surface area contributed by atoms with Crippen molar-refractivity contribution in [2.75, 3.05) is 32.8 Å². The zero-order chi connectivity index (χ0) is 22.2. The minimum Gasteiger partial charge on any atom is -0.441 e. The first-order chi connectivity index (χ1) is 15.0. The van der Waals surface area contributed by atoms with Gasteiger partial charge in [-0.1, -0.05) is 18.2 Å². The molecule has 1 N–H and O–H groups in total. The molecular weight excluding hydrogens is 394 g/mol. The number of oxazole rings is 1. The lowest BCUT2D eigenvalue weighted by Gasteiger charge is -2.31. The fourth-order valence-electron chi connectivity index (χ4n) is 3.93. The number of aromatic nitrogens is 1. The number of hydrogen-bond acceptors (Lipinski definition) is 6. The quantitative estimate of drug-likeness (QED) is 0.581. The zero-order valence-electron chi connectivity index (χ0n) is 19.1. The van der Waals surface area contributed by atoms with E-state index in [1.54, 1.807) is 0 Å². The summed E-state index contributed by atoms with van der Waals surface area (Å²) in [7, 11) is 0. The van der Waals surface area contributed by atoms with Crippen molar-refractivity contribution in [3.63, 3.8) is 0 Å². The molecule has 0 atom stereocenters. The molecule has 1 aromatic carbocycles. The van der Waals surface area contributed by atoms with Crippen LogP contribution in [0.25, 0.3) is 11.5 Å². The zero-order valence-corrected chi connectivity index (χ0v) is 19.1. The molecule has 1 aromatic heterocycles. The highest BCUT2D eigenvalue weighted by atomic mass is 16.7. The van der Waals surface area contributed by atoms with Gasteiger partial charge in [0.2, 0.25) is 11.8 Å². The first-order valence-corrected chi connectivity index (χ1v) is 11.3. The smallest absolute Gasteiger partial charge is 0.226 e. The molecule has 0 unspecified atom stereocenters. The molecule has 1 aliphatic heterocycles. The monoisotopic (exact) mass is 429 g/mol. The number of nitrogens with zero attached hydrogens (tertiary/aromatic N) is 2. The van der Waals surface area contributed by atoms with E-state index in [-0.39, 0.29) is 18.1 Å². The number of nitrogens with one attached hydrogen (secondary N) is 1. The first-order valence-electron chi connectivity index (χ1n) is 11.3. The van der Waals surface area contributed by atoms with Gasteiger partial charge in [0, 0.05) is 31.2 Å². The minimum atomic E-state index is -0.378. The van der Waals surface area contributed by atoms with Gasteiger partial charge in [-0.25, -0.2) is 4.98 Å². The third kappa shape index (κ3) is 6.38. The first kappa shape index (κ1) is 23.4. The van der Waals surface area contributed by atoms with Crippen LogP contribution in [0.5, 0.6) is 0 Å². The highest BCUT2D eigenvalue weighted by Crippen LogP contribution is 2.26. The molecule has 0 radical (unpaired) electrons. The van der Waals surface area contributed by atoms with E-state index in [1.807, 2.05) is 39.0 Å². The lowest BCUT2D eigenvalue weighted by Crippen LogP contribution is -2.43. The number of amides is 1. The summed E-state index contributed by atoms with van der Waals surface area (Å²) < 4.78 is 16.9. The maximum absolute atomic E-state index is 12.6. The lowest BCUT2D eigenvalue weighted by atomic mass is 9.96. The van der Waals surface area contributed by atoms with Gasteiger partial charge in [-0.3, -0.25) is 9.69 Å². The average Bonchev–Trinajstić information content (AvgIpc) is 3.13. The van der Waals surface area contributed by atoms with Crippen molar-refractivity contribution in [3.8, 4) is 11.5 Å². The van der Waals surface area contributed by atoms with Crippen molar-refractivity contribution < 1.29 is 18.7 Å². The topological polar surface area (TPSA) is 76.8 Å². The third-order valence-corrected chi connectivity index (χ3v) is 5.75. The molecule has 2 aromatic rings. The Morgan fingerprint density at radius 1 is 1.19 bits per heavy atom. The Morgan fingerprint density at radius 2 is 1.87 bits per heavy atom. The Bertz CT molecular complexity index is 837. The highest BCUT2D eigenvalue weighted by Gasteiger charge is 2.26. The molecule has 7 nitrogen and oxygen atoms in total. The number of benzene rings is 1. The van der Waals surface area contributed by atoms with Gasteiger partial charge in [-0.15, -0.1) is 0 Å². The van der Waals surface area contributed by atoms with Crippen LogP contribution >= 0.6 is 0 Å². The van der Waals surface area contributed by atoms with Gasteiger partial charge in [-0.05, 0) is 65.3 Å². The highest BCUT2D eigenvalue weighted by molar-refractivity contribution is 5.78. The van der Waals surface area contributed by atoms with E-state index < -0.39 is 0 Å². The third-order valence-electron chi connectivity index (χ3n) is 5.75. The van der Waals surface area contributed by atoms with E-state index in [2.05, 4.69) is 23.2 Å².